The van der Waals surface area contributed by atoms with Crippen LogP contribution in [0.5, 0.6) is 5.75 Å². The minimum absolute atomic E-state index is 0.00713. The molecule has 0 aliphatic carbocycles. The molecule has 0 bridgehead atoms. The molecular weight excluding hydrogens is 371 g/mol. The smallest absolute Gasteiger partial charge is 0.261 e. The Bertz CT molecular complexity index is 818. The number of nitrogens with zero attached hydrogens (tertiary/aromatic N) is 1. The molecule has 1 N–H and O–H groups in total. The molecule has 2 amide bonds. The number of carbonyl (C=O) groups excluding carboxylic acids is 2. The highest BCUT2D eigenvalue weighted by Crippen LogP contribution is 2.17. The molecule has 1 atom stereocenters. The maximum absolute atomic E-state index is 13.8. The van der Waals surface area contributed by atoms with Crippen LogP contribution in [0.1, 0.15) is 39.7 Å². The molecule has 0 radical (unpaired) electrons. The summed E-state index contributed by atoms with van der Waals surface area (Å²) < 4.78 is 19.2. The van der Waals surface area contributed by atoms with Crippen LogP contribution >= 0.6 is 0 Å². The molecule has 0 spiro atoms. The first-order chi connectivity index (χ1) is 13.7. The Morgan fingerprint density at radius 2 is 1.69 bits per heavy atom. The van der Waals surface area contributed by atoms with Crippen LogP contribution in [0.25, 0.3) is 0 Å². The number of carbonyl (C=O) groups is 2. The molecule has 0 aliphatic heterocycles. The third kappa shape index (κ3) is 6.89. The molecule has 0 saturated heterocycles. The summed E-state index contributed by atoms with van der Waals surface area (Å²) in [5.74, 6) is -1.14. The van der Waals surface area contributed by atoms with Crippen molar-refractivity contribution in [3.05, 3.63) is 66.0 Å². The molecule has 2 rings (SSSR count). The standard InChI is InChI=1S/C23H29FN2O3/c1-5-19(22(28)25-23(2,3)4)26(15-17-11-7-6-8-12-17)21(27)16-29-20-14-10-9-13-18(20)24/h6-14,19H,5,15-16H2,1-4H3,(H,25,28)/t19-/m0/s1. The largest absolute Gasteiger partial charge is 0.481 e. The number of rotatable bonds is 8. The lowest BCUT2D eigenvalue weighted by atomic mass is 10.1. The fourth-order valence-corrected chi connectivity index (χ4v) is 2.94. The van der Waals surface area contributed by atoms with Gasteiger partial charge in [0.15, 0.2) is 18.2 Å². The molecule has 156 valence electrons. The van der Waals surface area contributed by atoms with Crippen molar-refractivity contribution in [1.29, 1.82) is 0 Å². The Morgan fingerprint density at radius 3 is 2.28 bits per heavy atom. The third-order valence-electron chi connectivity index (χ3n) is 4.27. The van der Waals surface area contributed by atoms with Crippen LogP contribution in [0.4, 0.5) is 4.39 Å². The van der Waals surface area contributed by atoms with Gasteiger partial charge >= 0.3 is 0 Å². The maximum Gasteiger partial charge on any atom is 0.261 e. The van der Waals surface area contributed by atoms with Gasteiger partial charge in [0.05, 0.1) is 0 Å². The van der Waals surface area contributed by atoms with E-state index in [1.165, 1.54) is 17.0 Å². The molecule has 2 aromatic rings. The lowest BCUT2D eigenvalue weighted by Crippen LogP contribution is -2.54. The fourth-order valence-electron chi connectivity index (χ4n) is 2.94. The van der Waals surface area contributed by atoms with Gasteiger partial charge in [-0.15, -0.1) is 0 Å². The Hall–Kier alpha value is -2.89. The van der Waals surface area contributed by atoms with Gasteiger partial charge in [-0.1, -0.05) is 49.4 Å². The first-order valence-corrected chi connectivity index (χ1v) is 9.74. The summed E-state index contributed by atoms with van der Waals surface area (Å²) in [7, 11) is 0. The van der Waals surface area contributed by atoms with Crippen molar-refractivity contribution in [3.8, 4) is 5.75 Å². The summed E-state index contributed by atoms with van der Waals surface area (Å²) in [6, 6.07) is 14.7. The van der Waals surface area contributed by atoms with Gasteiger partial charge in [-0.25, -0.2) is 4.39 Å². The van der Waals surface area contributed by atoms with E-state index >= 15 is 0 Å². The van der Waals surface area contributed by atoms with Crippen molar-refractivity contribution in [1.82, 2.24) is 10.2 Å². The highest BCUT2D eigenvalue weighted by molar-refractivity contribution is 5.88. The predicted octanol–water partition coefficient (Wildman–Crippen LogP) is 3.93. The van der Waals surface area contributed by atoms with Crippen LogP contribution in [-0.4, -0.2) is 34.9 Å². The molecule has 0 aromatic heterocycles. The zero-order chi connectivity index (χ0) is 21.4. The lowest BCUT2D eigenvalue weighted by Gasteiger charge is -2.33. The number of ether oxygens (including phenoxy) is 1. The fraction of sp³-hybridized carbons (Fsp3) is 0.391. The zero-order valence-corrected chi connectivity index (χ0v) is 17.4. The van der Waals surface area contributed by atoms with Crippen molar-refractivity contribution in [2.45, 2.75) is 52.2 Å². The Labute approximate surface area is 171 Å². The second kappa shape index (κ2) is 10.0. The molecule has 0 saturated carbocycles. The van der Waals surface area contributed by atoms with Gasteiger partial charge in [-0.05, 0) is 44.9 Å². The molecule has 0 unspecified atom stereocenters. The number of hydrogen-bond donors (Lipinski definition) is 1. The van der Waals surface area contributed by atoms with E-state index < -0.39 is 17.4 Å². The SMILES string of the molecule is CC[C@@H](C(=O)NC(C)(C)C)N(Cc1ccccc1)C(=O)COc1ccccc1F. The van der Waals surface area contributed by atoms with Crippen LogP contribution in [0.3, 0.4) is 0 Å². The minimum atomic E-state index is -0.661. The lowest BCUT2D eigenvalue weighted by molar-refractivity contribution is -0.143. The van der Waals surface area contributed by atoms with Gasteiger partial charge in [0.2, 0.25) is 5.91 Å². The van der Waals surface area contributed by atoms with E-state index in [9.17, 15) is 14.0 Å². The van der Waals surface area contributed by atoms with E-state index in [1.54, 1.807) is 12.1 Å². The van der Waals surface area contributed by atoms with Gasteiger partial charge in [0.25, 0.3) is 5.91 Å². The predicted molar refractivity (Wildman–Crippen MR) is 111 cm³/mol. The van der Waals surface area contributed by atoms with Gasteiger partial charge in [0, 0.05) is 12.1 Å². The number of para-hydroxylation sites is 1. The number of nitrogens with one attached hydrogen (secondary N) is 1. The van der Waals surface area contributed by atoms with E-state index in [-0.39, 0.29) is 30.7 Å². The third-order valence-corrected chi connectivity index (χ3v) is 4.27. The highest BCUT2D eigenvalue weighted by atomic mass is 19.1. The van der Waals surface area contributed by atoms with Crippen LogP contribution < -0.4 is 10.1 Å². The summed E-state index contributed by atoms with van der Waals surface area (Å²) >= 11 is 0. The van der Waals surface area contributed by atoms with Gasteiger partial charge < -0.3 is 15.0 Å². The minimum Gasteiger partial charge on any atom is -0.481 e. The summed E-state index contributed by atoms with van der Waals surface area (Å²) in [4.78, 5) is 27.3. The average molecular weight is 400 g/mol. The number of hydrogen-bond acceptors (Lipinski definition) is 3. The van der Waals surface area contributed by atoms with Crippen LogP contribution in [0.15, 0.2) is 54.6 Å². The molecule has 2 aromatic carbocycles. The van der Waals surface area contributed by atoms with Crippen molar-refractivity contribution >= 4 is 11.8 Å². The summed E-state index contributed by atoms with van der Waals surface area (Å²) in [5.41, 5.74) is 0.476. The summed E-state index contributed by atoms with van der Waals surface area (Å²) in [5, 5.41) is 2.94. The number of benzene rings is 2. The van der Waals surface area contributed by atoms with Crippen molar-refractivity contribution in [2.24, 2.45) is 0 Å². The van der Waals surface area contributed by atoms with E-state index in [0.29, 0.717) is 6.42 Å². The first kappa shape index (κ1) is 22.4. The molecular formula is C23H29FN2O3. The van der Waals surface area contributed by atoms with E-state index in [4.69, 9.17) is 4.74 Å². The molecule has 6 heteroatoms. The molecule has 5 nitrogen and oxygen atoms in total. The quantitative estimate of drug-likeness (QED) is 0.731. The molecule has 0 aliphatic rings. The highest BCUT2D eigenvalue weighted by Gasteiger charge is 2.30. The average Bonchev–Trinajstić information content (AvgIpc) is 2.66. The van der Waals surface area contributed by atoms with Crippen LogP contribution in [-0.2, 0) is 16.1 Å². The second-order valence-electron chi connectivity index (χ2n) is 7.89. The maximum atomic E-state index is 13.8. The number of amides is 2. The van der Waals surface area contributed by atoms with Crippen LogP contribution in [0.2, 0.25) is 0 Å². The summed E-state index contributed by atoms with van der Waals surface area (Å²) in [6.45, 7) is 7.44. The number of halogens is 1. The first-order valence-electron chi connectivity index (χ1n) is 9.74. The molecule has 29 heavy (non-hydrogen) atoms. The molecule has 0 heterocycles. The Kier molecular flexibility index (Phi) is 7.76. The van der Waals surface area contributed by atoms with E-state index in [1.807, 2.05) is 58.0 Å². The van der Waals surface area contributed by atoms with Gasteiger partial charge in [0.1, 0.15) is 6.04 Å². The van der Waals surface area contributed by atoms with E-state index in [0.717, 1.165) is 5.56 Å². The normalized spacial score (nSPS) is 12.2. The van der Waals surface area contributed by atoms with Gasteiger partial charge in [-0.3, -0.25) is 9.59 Å². The van der Waals surface area contributed by atoms with Crippen LogP contribution in [0, 0.1) is 5.82 Å². The van der Waals surface area contributed by atoms with Crippen molar-refractivity contribution < 1.29 is 18.7 Å². The Balaban J connectivity index is 2.21. The second-order valence-corrected chi connectivity index (χ2v) is 7.89. The van der Waals surface area contributed by atoms with E-state index in [2.05, 4.69) is 5.32 Å². The summed E-state index contributed by atoms with van der Waals surface area (Å²) in [6.07, 6.45) is 0.445. The molecule has 0 fully saturated rings. The Morgan fingerprint density at radius 1 is 1.07 bits per heavy atom. The zero-order valence-electron chi connectivity index (χ0n) is 17.4. The topological polar surface area (TPSA) is 58.6 Å². The van der Waals surface area contributed by atoms with Gasteiger partial charge in [-0.2, -0.15) is 0 Å². The van der Waals surface area contributed by atoms with Crippen molar-refractivity contribution in [2.75, 3.05) is 6.61 Å². The monoisotopic (exact) mass is 400 g/mol. The van der Waals surface area contributed by atoms with Crippen molar-refractivity contribution in [3.63, 3.8) is 0 Å².